The molecule has 0 aliphatic carbocycles. The molecule has 1 aliphatic rings. The van der Waals surface area contributed by atoms with Crippen LogP contribution in [0.5, 0.6) is 0 Å². The predicted molar refractivity (Wildman–Crippen MR) is 85.8 cm³/mol. The Bertz CT molecular complexity index is 581. The number of esters is 1. The maximum Gasteiger partial charge on any atom is 0.471 e. The minimum Gasteiger partial charge on any atom is -0.469 e. The summed E-state index contributed by atoms with van der Waals surface area (Å²) < 4.78 is 42.3. The van der Waals surface area contributed by atoms with Crippen molar-refractivity contribution in [3.63, 3.8) is 0 Å². The Hall–Kier alpha value is -2.05. The van der Waals surface area contributed by atoms with Gasteiger partial charge in [0.2, 0.25) is 0 Å². The molecule has 7 heteroatoms. The standard InChI is InChI=1S/C18H22F3NO3/c1-25-16(23)12-15(14-5-3-2-4-6-14)11-13-7-9-22(10-8-13)17(24)18(19,20)21/h2-6,13,15H,7-12H2,1H3. The molecule has 0 radical (unpaired) electrons. The molecule has 1 heterocycles. The normalized spacial score (nSPS) is 17.2. The number of benzene rings is 1. The summed E-state index contributed by atoms with van der Waals surface area (Å²) in [6.45, 7) is 0.200. The Morgan fingerprint density at radius 2 is 1.80 bits per heavy atom. The molecule has 0 spiro atoms. The maximum atomic E-state index is 12.5. The number of ether oxygens (including phenoxy) is 1. The van der Waals surface area contributed by atoms with Crippen LogP contribution in [0, 0.1) is 5.92 Å². The van der Waals surface area contributed by atoms with Crippen molar-refractivity contribution < 1.29 is 27.5 Å². The van der Waals surface area contributed by atoms with Gasteiger partial charge in [-0.05, 0) is 36.7 Å². The fraction of sp³-hybridized carbons (Fsp3) is 0.556. The third-order valence-electron chi connectivity index (χ3n) is 4.67. The molecule has 0 saturated carbocycles. The molecule has 1 aromatic carbocycles. The minimum absolute atomic E-state index is 0.0384. The Morgan fingerprint density at radius 1 is 1.20 bits per heavy atom. The largest absolute Gasteiger partial charge is 0.471 e. The Morgan fingerprint density at radius 3 is 2.32 bits per heavy atom. The van der Waals surface area contributed by atoms with Crippen molar-refractivity contribution in [3.05, 3.63) is 35.9 Å². The third-order valence-corrected chi connectivity index (χ3v) is 4.67. The molecule has 1 aromatic rings. The van der Waals surface area contributed by atoms with Gasteiger partial charge in [0, 0.05) is 13.1 Å². The third kappa shape index (κ3) is 5.47. The van der Waals surface area contributed by atoms with Crippen LogP contribution in [0.25, 0.3) is 0 Å². The first kappa shape index (κ1) is 19.3. The van der Waals surface area contributed by atoms with Crippen molar-refractivity contribution in [1.29, 1.82) is 0 Å². The van der Waals surface area contributed by atoms with Gasteiger partial charge in [-0.3, -0.25) is 9.59 Å². The van der Waals surface area contributed by atoms with Gasteiger partial charge in [0.1, 0.15) is 0 Å². The van der Waals surface area contributed by atoms with E-state index in [1.165, 1.54) is 7.11 Å². The highest BCUT2D eigenvalue weighted by atomic mass is 19.4. The van der Waals surface area contributed by atoms with Gasteiger partial charge in [0.15, 0.2) is 0 Å². The van der Waals surface area contributed by atoms with Gasteiger partial charge in [0.05, 0.1) is 13.5 Å². The van der Waals surface area contributed by atoms with E-state index in [0.29, 0.717) is 19.3 Å². The van der Waals surface area contributed by atoms with Gasteiger partial charge in [-0.15, -0.1) is 0 Å². The molecule has 0 aromatic heterocycles. The van der Waals surface area contributed by atoms with Crippen LogP contribution in [0.3, 0.4) is 0 Å². The number of methoxy groups -OCH3 is 1. The molecule has 1 atom stereocenters. The highest BCUT2D eigenvalue weighted by Gasteiger charge is 2.43. The number of piperidine rings is 1. The molecule has 0 bridgehead atoms. The number of nitrogens with zero attached hydrogens (tertiary/aromatic N) is 1. The highest BCUT2D eigenvalue weighted by molar-refractivity contribution is 5.81. The summed E-state index contributed by atoms with van der Waals surface area (Å²) in [5, 5.41) is 0. The molecule has 25 heavy (non-hydrogen) atoms. The minimum atomic E-state index is -4.82. The first-order valence-corrected chi connectivity index (χ1v) is 8.29. The Labute approximate surface area is 144 Å². The second kappa shape index (κ2) is 8.36. The van der Waals surface area contributed by atoms with Crippen LogP contribution in [-0.2, 0) is 14.3 Å². The fourth-order valence-electron chi connectivity index (χ4n) is 3.30. The SMILES string of the molecule is COC(=O)CC(CC1CCN(C(=O)C(F)(F)F)CC1)c1ccccc1. The van der Waals surface area contributed by atoms with E-state index >= 15 is 0 Å². The van der Waals surface area contributed by atoms with E-state index < -0.39 is 12.1 Å². The lowest BCUT2D eigenvalue weighted by Crippen LogP contribution is -2.45. The molecule has 1 fully saturated rings. The van der Waals surface area contributed by atoms with Crippen LogP contribution in [0.2, 0.25) is 0 Å². The van der Waals surface area contributed by atoms with Crippen molar-refractivity contribution in [2.24, 2.45) is 5.92 Å². The molecule has 1 aliphatic heterocycles. The van der Waals surface area contributed by atoms with Crippen LogP contribution in [-0.4, -0.2) is 43.2 Å². The number of hydrogen-bond donors (Lipinski definition) is 0. The summed E-state index contributed by atoms with van der Waals surface area (Å²) in [4.78, 5) is 23.9. The summed E-state index contributed by atoms with van der Waals surface area (Å²) in [6.07, 6.45) is -2.88. The van der Waals surface area contributed by atoms with E-state index in [4.69, 9.17) is 4.74 Å². The topological polar surface area (TPSA) is 46.6 Å². The Kier molecular flexibility index (Phi) is 6.45. The van der Waals surface area contributed by atoms with E-state index in [0.717, 1.165) is 10.5 Å². The van der Waals surface area contributed by atoms with Crippen molar-refractivity contribution >= 4 is 11.9 Å². The average Bonchev–Trinajstić information content (AvgIpc) is 2.61. The van der Waals surface area contributed by atoms with Crippen LogP contribution in [0.1, 0.15) is 37.2 Å². The lowest BCUT2D eigenvalue weighted by atomic mass is 9.82. The first-order valence-electron chi connectivity index (χ1n) is 8.29. The molecule has 0 N–H and O–H groups in total. The van der Waals surface area contributed by atoms with Gasteiger partial charge in [-0.2, -0.15) is 13.2 Å². The monoisotopic (exact) mass is 357 g/mol. The van der Waals surface area contributed by atoms with Crippen LogP contribution in [0.15, 0.2) is 30.3 Å². The second-order valence-electron chi connectivity index (χ2n) is 6.36. The summed E-state index contributed by atoms with van der Waals surface area (Å²) in [5.41, 5.74) is 1.02. The van der Waals surface area contributed by atoms with Crippen molar-refractivity contribution in [3.8, 4) is 0 Å². The zero-order valence-electron chi connectivity index (χ0n) is 14.1. The van der Waals surface area contributed by atoms with Crippen LogP contribution >= 0.6 is 0 Å². The lowest BCUT2D eigenvalue weighted by Gasteiger charge is -2.34. The van der Waals surface area contributed by atoms with E-state index in [-0.39, 0.29) is 37.3 Å². The molecule has 1 unspecified atom stereocenters. The van der Waals surface area contributed by atoms with Crippen LogP contribution < -0.4 is 0 Å². The number of hydrogen-bond acceptors (Lipinski definition) is 3. The smallest absolute Gasteiger partial charge is 0.469 e. The number of rotatable bonds is 5. The summed E-state index contributed by atoms with van der Waals surface area (Å²) in [5.74, 6) is -1.94. The van der Waals surface area contributed by atoms with Crippen LogP contribution in [0.4, 0.5) is 13.2 Å². The van der Waals surface area contributed by atoms with E-state index in [2.05, 4.69) is 0 Å². The summed E-state index contributed by atoms with van der Waals surface area (Å²) in [6, 6.07) is 9.56. The number of amides is 1. The molecule has 2 rings (SSSR count). The van der Waals surface area contributed by atoms with Gasteiger partial charge < -0.3 is 9.64 Å². The molecule has 1 amide bonds. The molecule has 1 saturated heterocycles. The number of alkyl halides is 3. The number of carbonyl (C=O) groups excluding carboxylic acids is 2. The zero-order valence-corrected chi connectivity index (χ0v) is 14.1. The van der Waals surface area contributed by atoms with E-state index in [9.17, 15) is 22.8 Å². The van der Waals surface area contributed by atoms with Gasteiger partial charge in [0.25, 0.3) is 0 Å². The lowest BCUT2D eigenvalue weighted by molar-refractivity contribution is -0.186. The fourth-order valence-corrected chi connectivity index (χ4v) is 3.30. The molecule has 138 valence electrons. The van der Waals surface area contributed by atoms with Gasteiger partial charge in [-0.25, -0.2) is 0 Å². The van der Waals surface area contributed by atoms with Gasteiger partial charge >= 0.3 is 18.1 Å². The van der Waals surface area contributed by atoms with E-state index in [1.807, 2.05) is 30.3 Å². The molecular weight excluding hydrogens is 335 g/mol. The van der Waals surface area contributed by atoms with E-state index in [1.54, 1.807) is 0 Å². The average molecular weight is 357 g/mol. The predicted octanol–water partition coefficient (Wildman–Crippen LogP) is 3.52. The molecular formula is C18H22F3NO3. The number of halogens is 3. The van der Waals surface area contributed by atoms with Crippen molar-refractivity contribution in [1.82, 2.24) is 4.90 Å². The number of likely N-dealkylation sites (tertiary alicyclic amines) is 1. The maximum absolute atomic E-state index is 12.5. The quantitative estimate of drug-likeness (QED) is 0.758. The van der Waals surface area contributed by atoms with Crippen molar-refractivity contribution in [2.45, 2.75) is 37.8 Å². The first-order chi connectivity index (χ1) is 11.8. The second-order valence-corrected chi connectivity index (χ2v) is 6.36. The zero-order chi connectivity index (χ0) is 18.4. The van der Waals surface area contributed by atoms with Gasteiger partial charge in [-0.1, -0.05) is 30.3 Å². The summed E-state index contributed by atoms with van der Waals surface area (Å²) >= 11 is 0. The highest BCUT2D eigenvalue weighted by Crippen LogP contribution is 2.33. The summed E-state index contributed by atoms with van der Waals surface area (Å²) in [7, 11) is 1.34. The number of carbonyl (C=O) groups is 2. The Balaban J connectivity index is 1.97. The molecule has 4 nitrogen and oxygen atoms in total. The van der Waals surface area contributed by atoms with Crippen molar-refractivity contribution in [2.75, 3.05) is 20.2 Å².